The van der Waals surface area contributed by atoms with E-state index in [9.17, 15) is 19.1 Å². The van der Waals surface area contributed by atoms with Crippen LogP contribution in [0.3, 0.4) is 0 Å². The van der Waals surface area contributed by atoms with Crippen LogP contribution in [0.4, 0.5) is 4.39 Å². The Labute approximate surface area is 161 Å². The molecule has 0 radical (unpaired) electrons. The number of rotatable bonds is 6. The van der Waals surface area contributed by atoms with Crippen LogP contribution in [-0.4, -0.2) is 38.3 Å². The zero-order valence-corrected chi connectivity index (χ0v) is 15.8. The lowest BCUT2D eigenvalue weighted by Crippen LogP contribution is -2.32. The van der Waals surface area contributed by atoms with Crippen LogP contribution in [0.1, 0.15) is 47.4 Å². The first-order chi connectivity index (χ1) is 13.3. The fourth-order valence-electron chi connectivity index (χ4n) is 3.04. The molecule has 0 saturated heterocycles. The van der Waals surface area contributed by atoms with Crippen molar-refractivity contribution in [1.82, 2.24) is 20.1 Å². The number of hydrogen-bond acceptors (Lipinski definition) is 4. The van der Waals surface area contributed by atoms with E-state index in [-0.39, 0.29) is 12.6 Å². The predicted molar refractivity (Wildman–Crippen MR) is 102 cm³/mol. The van der Waals surface area contributed by atoms with Crippen molar-refractivity contribution in [3.63, 3.8) is 0 Å². The van der Waals surface area contributed by atoms with E-state index in [4.69, 9.17) is 0 Å². The summed E-state index contributed by atoms with van der Waals surface area (Å²) >= 11 is 0. The van der Waals surface area contributed by atoms with Crippen LogP contribution in [-0.2, 0) is 4.79 Å². The molecular weight excluding hydrogens is 363 g/mol. The minimum Gasteiger partial charge on any atom is -0.481 e. The molecule has 0 fully saturated rings. The van der Waals surface area contributed by atoms with Gasteiger partial charge in [0.15, 0.2) is 5.65 Å². The lowest BCUT2D eigenvalue weighted by atomic mass is 9.99. The van der Waals surface area contributed by atoms with Gasteiger partial charge in [-0.2, -0.15) is 5.10 Å². The Kier molecular flexibility index (Phi) is 5.39. The van der Waals surface area contributed by atoms with Gasteiger partial charge >= 0.3 is 5.97 Å². The molecule has 0 aliphatic heterocycles. The van der Waals surface area contributed by atoms with E-state index >= 15 is 0 Å². The molecule has 1 atom stereocenters. The molecule has 146 valence electrons. The SMILES string of the molecule is Cc1cc(C(=O)NCC(C(=O)O)c2ccc(F)cc2)c2cnn(C(C)C)c2n1. The number of benzene rings is 1. The van der Waals surface area contributed by atoms with Gasteiger partial charge in [0.25, 0.3) is 5.91 Å². The van der Waals surface area contributed by atoms with Crippen molar-refractivity contribution in [2.75, 3.05) is 6.54 Å². The van der Waals surface area contributed by atoms with Gasteiger partial charge in [0.1, 0.15) is 5.82 Å². The lowest BCUT2D eigenvalue weighted by Gasteiger charge is -2.14. The zero-order chi connectivity index (χ0) is 20.4. The molecule has 0 saturated carbocycles. The normalized spacial score (nSPS) is 12.3. The number of aliphatic carboxylic acids is 1. The van der Waals surface area contributed by atoms with Crippen molar-refractivity contribution < 1.29 is 19.1 Å². The molecule has 8 heteroatoms. The van der Waals surface area contributed by atoms with Gasteiger partial charge < -0.3 is 10.4 Å². The van der Waals surface area contributed by atoms with Gasteiger partial charge in [-0.25, -0.2) is 14.1 Å². The number of nitrogens with zero attached hydrogens (tertiary/aromatic N) is 3. The highest BCUT2D eigenvalue weighted by Gasteiger charge is 2.22. The highest BCUT2D eigenvalue weighted by Crippen LogP contribution is 2.22. The molecule has 0 bridgehead atoms. The Bertz CT molecular complexity index is 1030. The molecule has 0 aliphatic carbocycles. The van der Waals surface area contributed by atoms with E-state index in [1.165, 1.54) is 24.3 Å². The van der Waals surface area contributed by atoms with Gasteiger partial charge in [0.2, 0.25) is 0 Å². The summed E-state index contributed by atoms with van der Waals surface area (Å²) in [5.41, 5.74) is 2.07. The summed E-state index contributed by atoms with van der Waals surface area (Å²) in [5.74, 6) is -2.95. The molecule has 2 aromatic heterocycles. The Morgan fingerprint density at radius 3 is 2.54 bits per heavy atom. The maximum atomic E-state index is 13.1. The molecule has 2 N–H and O–H groups in total. The summed E-state index contributed by atoms with van der Waals surface area (Å²) in [6, 6.07) is 6.94. The topological polar surface area (TPSA) is 97.1 Å². The number of carbonyl (C=O) groups is 2. The van der Waals surface area contributed by atoms with Gasteiger partial charge in [-0.3, -0.25) is 9.59 Å². The van der Waals surface area contributed by atoms with Crippen molar-refractivity contribution in [3.8, 4) is 0 Å². The second kappa shape index (κ2) is 7.75. The van der Waals surface area contributed by atoms with Crippen LogP contribution in [0.2, 0.25) is 0 Å². The summed E-state index contributed by atoms with van der Waals surface area (Å²) in [4.78, 5) is 28.9. The van der Waals surface area contributed by atoms with E-state index in [1.807, 2.05) is 13.8 Å². The Morgan fingerprint density at radius 1 is 1.25 bits per heavy atom. The highest BCUT2D eigenvalue weighted by molar-refractivity contribution is 6.05. The number of halogens is 1. The minimum absolute atomic E-state index is 0.0811. The molecule has 0 spiro atoms. The van der Waals surface area contributed by atoms with E-state index in [0.717, 1.165) is 0 Å². The summed E-state index contributed by atoms with van der Waals surface area (Å²) < 4.78 is 14.8. The van der Waals surface area contributed by atoms with Crippen molar-refractivity contribution in [2.24, 2.45) is 0 Å². The number of amides is 1. The fraction of sp³-hybridized carbons (Fsp3) is 0.300. The molecule has 28 heavy (non-hydrogen) atoms. The van der Waals surface area contributed by atoms with Crippen molar-refractivity contribution in [3.05, 3.63) is 59.2 Å². The molecule has 1 aromatic carbocycles. The number of pyridine rings is 1. The first kappa shape index (κ1) is 19.5. The first-order valence-electron chi connectivity index (χ1n) is 8.89. The van der Waals surface area contributed by atoms with E-state index in [2.05, 4.69) is 15.4 Å². The Hall–Kier alpha value is -3.29. The van der Waals surface area contributed by atoms with Gasteiger partial charge in [0, 0.05) is 18.3 Å². The van der Waals surface area contributed by atoms with Crippen LogP contribution >= 0.6 is 0 Å². The average molecular weight is 384 g/mol. The Balaban J connectivity index is 1.86. The molecule has 7 nitrogen and oxygen atoms in total. The molecule has 1 amide bonds. The Morgan fingerprint density at radius 2 is 1.93 bits per heavy atom. The van der Waals surface area contributed by atoms with E-state index < -0.39 is 23.6 Å². The second-order valence-electron chi connectivity index (χ2n) is 6.88. The third kappa shape index (κ3) is 3.85. The summed E-state index contributed by atoms with van der Waals surface area (Å²) in [6.07, 6.45) is 1.59. The second-order valence-corrected chi connectivity index (χ2v) is 6.88. The fourth-order valence-corrected chi connectivity index (χ4v) is 3.04. The van der Waals surface area contributed by atoms with Gasteiger partial charge in [-0.1, -0.05) is 12.1 Å². The number of carbonyl (C=O) groups excluding carboxylic acids is 1. The average Bonchev–Trinajstić information content (AvgIpc) is 3.06. The molecule has 3 aromatic rings. The standard InChI is InChI=1S/C20H21FN4O3/c1-11(2)25-18-17(10-23-25)15(8-12(3)24-18)19(26)22-9-16(20(27)28)13-4-6-14(21)7-5-13/h4-8,10-11,16H,9H2,1-3H3,(H,22,26)(H,27,28). The van der Waals surface area contributed by atoms with Crippen LogP contribution in [0, 0.1) is 12.7 Å². The molecule has 3 rings (SSSR count). The lowest BCUT2D eigenvalue weighted by molar-refractivity contribution is -0.138. The van der Waals surface area contributed by atoms with Gasteiger partial charge in [-0.05, 0) is 44.5 Å². The maximum absolute atomic E-state index is 13.1. The number of carboxylic acids is 1. The number of fused-ring (bicyclic) bond motifs is 1. The summed E-state index contributed by atoms with van der Waals surface area (Å²) in [5, 5.41) is 17.1. The zero-order valence-electron chi connectivity index (χ0n) is 15.8. The van der Waals surface area contributed by atoms with Gasteiger partial charge in [0.05, 0.1) is 23.1 Å². The van der Waals surface area contributed by atoms with Crippen LogP contribution in [0.15, 0.2) is 36.5 Å². The third-order valence-corrected chi connectivity index (χ3v) is 4.47. The number of carboxylic acid groups (broad SMARTS) is 1. The number of hydrogen-bond donors (Lipinski definition) is 2. The van der Waals surface area contributed by atoms with Crippen molar-refractivity contribution in [2.45, 2.75) is 32.7 Å². The van der Waals surface area contributed by atoms with Crippen LogP contribution in [0.25, 0.3) is 11.0 Å². The molecule has 1 unspecified atom stereocenters. The summed E-state index contributed by atoms with van der Waals surface area (Å²) in [7, 11) is 0. The van der Waals surface area contributed by atoms with Gasteiger partial charge in [-0.15, -0.1) is 0 Å². The summed E-state index contributed by atoms with van der Waals surface area (Å²) in [6.45, 7) is 5.60. The largest absolute Gasteiger partial charge is 0.481 e. The quantitative estimate of drug-likeness (QED) is 0.681. The number of nitrogens with one attached hydrogen (secondary N) is 1. The number of aryl methyl sites for hydroxylation is 1. The van der Waals surface area contributed by atoms with Crippen LogP contribution in [0.5, 0.6) is 0 Å². The molecule has 0 aliphatic rings. The highest BCUT2D eigenvalue weighted by atomic mass is 19.1. The monoisotopic (exact) mass is 384 g/mol. The van der Waals surface area contributed by atoms with Crippen molar-refractivity contribution in [1.29, 1.82) is 0 Å². The van der Waals surface area contributed by atoms with Crippen molar-refractivity contribution >= 4 is 22.9 Å². The van der Waals surface area contributed by atoms with E-state index in [0.29, 0.717) is 27.9 Å². The smallest absolute Gasteiger partial charge is 0.312 e. The number of aromatic nitrogens is 3. The third-order valence-electron chi connectivity index (χ3n) is 4.47. The molecular formula is C20H21FN4O3. The van der Waals surface area contributed by atoms with E-state index in [1.54, 1.807) is 23.9 Å². The molecule has 2 heterocycles. The minimum atomic E-state index is -1.10. The first-order valence-corrected chi connectivity index (χ1v) is 8.89. The maximum Gasteiger partial charge on any atom is 0.312 e. The van der Waals surface area contributed by atoms with Crippen LogP contribution < -0.4 is 5.32 Å². The predicted octanol–water partition coefficient (Wildman–Crippen LogP) is 3.06.